The summed E-state index contributed by atoms with van der Waals surface area (Å²) in [6, 6.07) is 6.12. The Morgan fingerprint density at radius 2 is 1.87 bits per heavy atom. The van der Waals surface area contributed by atoms with E-state index in [2.05, 4.69) is 25.4 Å². The van der Waals surface area contributed by atoms with Crippen LogP contribution in [0.4, 0.5) is 23.7 Å². The lowest BCUT2D eigenvalue weighted by atomic mass is 10.0. The minimum absolute atomic E-state index is 0.0370. The Morgan fingerprint density at radius 1 is 1.19 bits per heavy atom. The molecule has 0 saturated heterocycles. The Bertz CT molecular complexity index is 1130. The fraction of sp³-hybridized carbons (Fsp3) is 0.278. The molecule has 0 saturated carbocycles. The average molecular weight is 544 g/mol. The monoisotopic (exact) mass is 542 g/mol. The van der Waals surface area contributed by atoms with Crippen molar-refractivity contribution in [1.29, 1.82) is 0 Å². The standard InChI is InChI=1S/C18H15BrClF3N2O5S/c19-11-2-4-15(14(9-11)30-18(21,22)23)31(28,29)24-13-3-1-10-5-7-25(17(26)27)8-6-12(10)16(13)20/h1-4,9,24H,5-8H2,(H,26,27). The maximum absolute atomic E-state index is 12.8. The van der Waals surface area contributed by atoms with Gasteiger partial charge in [0, 0.05) is 17.6 Å². The molecule has 2 aromatic carbocycles. The van der Waals surface area contributed by atoms with Crippen LogP contribution in [0.5, 0.6) is 5.75 Å². The van der Waals surface area contributed by atoms with Gasteiger partial charge in [-0.05, 0) is 48.2 Å². The van der Waals surface area contributed by atoms with Gasteiger partial charge in [0.25, 0.3) is 10.0 Å². The molecule has 2 aromatic rings. The fourth-order valence-corrected chi connectivity index (χ4v) is 5.06. The molecule has 31 heavy (non-hydrogen) atoms. The molecule has 13 heteroatoms. The van der Waals surface area contributed by atoms with E-state index in [1.807, 2.05) is 0 Å². The molecule has 1 aliphatic rings. The third kappa shape index (κ3) is 5.55. The number of sulfonamides is 1. The topological polar surface area (TPSA) is 95.9 Å². The van der Waals surface area contributed by atoms with Gasteiger partial charge in [0.15, 0.2) is 5.75 Å². The van der Waals surface area contributed by atoms with Crippen LogP contribution in [-0.2, 0) is 22.9 Å². The average Bonchev–Trinajstić information content (AvgIpc) is 2.85. The number of ether oxygens (including phenoxy) is 1. The van der Waals surface area contributed by atoms with Crippen LogP contribution in [0.1, 0.15) is 11.1 Å². The summed E-state index contributed by atoms with van der Waals surface area (Å²) in [6.45, 7) is 0.440. The zero-order valence-electron chi connectivity index (χ0n) is 15.5. The van der Waals surface area contributed by atoms with Gasteiger partial charge in [-0.25, -0.2) is 13.2 Å². The molecule has 0 bridgehead atoms. The van der Waals surface area contributed by atoms with Crippen molar-refractivity contribution >= 4 is 49.3 Å². The van der Waals surface area contributed by atoms with E-state index in [4.69, 9.17) is 11.6 Å². The molecule has 168 valence electrons. The number of carbonyl (C=O) groups is 1. The summed E-state index contributed by atoms with van der Waals surface area (Å²) in [5, 5.41) is 9.24. The maximum Gasteiger partial charge on any atom is 0.573 e. The highest BCUT2D eigenvalue weighted by atomic mass is 79.9. The molecule has 2 N–H and O–H groups in total. The van der Waals surface area contributed by atoms with Gasteiger partial charge >= 0.3 is 12.5 Å². The fourth-order valence-electron chi connectivity index (χ4n) is 3.16. The first-order valence-corrected chi connectivity index (χ1v) is 11.4. The number of anilines is 1. The number of hydrogen-bond acceptors (Lipinski definition) is 4. The van der Waals surface area contributed by atoms with E-state index in [-0.39, 0.29) is 34.7 Å². The van der Waals surface area contributed by atoms with E-state index in [0.29, 0.717) is 12.0 Å². The summed E-state index contributed by atoms with van der Waals surface area (Å²) < 4.78 is 70.1. The van der Waals surface area contributed by atoms with Gasteiger partial charge in [0.05, 0.1) is 10.7 Å². The summed E-state index contributed by atoms with van der Waals surface area (Å²) in [7, 11) is -4.50. The SMILES string of the molecule is O=C(O)N1CCc2ccc(NS(=O)(=O)c3ccc(Br)cc3OC(F)(F)F)c(Cl)c2CC1. The van der Waals surface area contributed by atoms with Crippen LogP contribution in [0.15, 0.2) is 39.7 Å². The molecule has 0 aromatic heterocycles. The second kappa shape index (κ2) is 8.75. The van der Waals surface area contributed by atoms with Crippen molar-refractivity contribution in [3.05, 3.63) is 51.0 Å². The molecule has 3 rings (SSSR count). The molecule has 0 spiro atoms. The Hall–Kier alpha value is -2.18. The molecule has 0 unspecified atom stereocenters. The van der Waals surface area contributed by atoms with Crippen LogP contribution in [-0.4, -0.2) is 44.0 Å². The van der Waals surface area contributed by atoms with E-state index in [1.165, 1.54) is 17.0 Å². The van der Waals surface area contributed by atoms with Crippen LogP contribution in [0.25, 0.3) is 0 Å². The smallest absolute Gasteiger partial charge is 0.465 e. The van der Waals surface area contributed by atoms with Crippen LogP contribution in [0.3, 0.4) is 0 Å². The first-order valence-electron chi connectivity index (χ1n) is 8.73. The molecular weight excluding hydrogens is 529 g/mol. The molecule has 0 atom stereocenters. The number of benzene rings is 2. The summed E-state index contributed by atoms with van der Waals surface area (Å²) in [5.74, 6) is -0.905. The van der Waals surface area contributed by atoms with Crippen LogP contribution in [0.2, 0.25) is 5.02 Å². The van der Waals surface area contributed by atoms with Crippen molar-refractivity contribution < 1.29 is 36.2 Å². The number of fused-ring (bicyclic) bond motifs is 1. The summed E-state index contributed by atoms with van der Waals surface area (Å²) in [4.78, 5) is 11.7. The van der Waals surface area contributed by atoms with Crippen molar-refractivity contribution in [3.8, 4) is 5.75 Å². The van der Waals surface area contributed by atoms with Gasteiger partial charge in [0.2, 0.25) is 0 Å². The first-order chi connectivity index (χ1) is 14.4. The molecule has 0 fully saturated rings. The maximum atomic E-state index is 12.8. The summed E-state index contributed by atoms with van der Waals surface area (Å²) >= 11 is 9.36. The molecular formula is C18H15BrClF3N2O5S. The quantitative estimate of drug-likeness (QED) is 0.573. The highest BCUT2D eigenvalue weighted by molar-refractivity contribution is 9.10. The predicted octanol–water partition coefficient (Wildman–Crippen LogP) is 4.88. The number of alkyl halides is 3. The molecule has 1 heterocycles. The second-order valence-electron chi connectivity index (χ2n) is 6.58. The number of rotatable bonds is 4. The van der Waals surface area contributed by atoms with Crippen molar-refractivity contribution in [3.63, 3.8) is 0 Å². The van der Waals surface area contributed by atoms with Crippen molar-refractivity contribution in [1.82, 2.24) is 4.90 Å². The van der Waals surface area contributed by atoms with Gasteiger partial charge < -0.3 is 14.7 Å². The highest BCUT2D eigenvalue weighted by Crippen LogP contribution is 2.36. The predicted molar refractivity (Wildman–Crippen MR) is 110 cm³/mol. The summed E-state index contributed by atoms with van der Waals surface area (Å²) in [6.07, 6.45) is -5.51. The zero-order valence-corrected chi connectivity index (χ0v) is 18.7. The van der Waals surface area contributed by atoms with E-state index in [9.17, 15) is 31.5 Å². The molecule has 1 amide bonds. The third-order valence-electron chi connectivity index (χ3n) is 4.56. The van der Waals surface area contributed by atoms with Crippen LogP contribution >= 0.6 is 27.5 Å². The van der Waals surface area contributed by atoms with Crippen LogP contribution in [0, 0.1) is 0 Å². The van der Waals surface area contributed by atoms with Crippen LogP contribution < -0.4 is 9.46 Å². The van der Waals surface area contributed by atoms with Gasteiger partial charge in [-0.3, -0.25) is 4.72 Å². The van der Waals surface area contributed by atoms with E-state index in [1.54, 1.807) is 6.07 Å². The normalized spacial score (nSPS) is 14.5. The second-order valence-corrected chi connectivity index (χ2v) is 9.52. The number of nitrogens with one attached hydrogen (secondary N) is 1. The van der Waals surface area contributed by atoms with Crippen molar-refractivity contribution in [2.45, 2.75) is 24.1 Å². The molecule has 1 aliphatic heterocycles. The molecule has 0 aliphatic carbocycles. The number of halogens is 5. The lowest BCUT2D eigenvalue weighted by Gasteiger charge is -2.17. The number of amides is 1. The van der Waals surface area contributed by atoms with Gasteiger partial charge in [-0.2, -0.15) is 0 Å². The lowest BCUT2D eigenvalue weighted by molar-refractivity contribution is -0.275. The molecule has 7 nitrogen and oxygen atoms in total. The van der Waals surface area contributed by atoms with Crippen molar-refractivity contribution in [2.75, 3.05) is 17.8 Å². The Labute approximate surface area is 188 Å². The van der Waals surface area contributed by atoms with Gasteiger partial charge in [-0.15, -0.1) is 13.2 Å². The number of nitrogens with zero attached hydrogens (tertiary/aromatic N) is 1. The first kappa shape index (κ1) is 23.5. The summed E-state index contributed by atoms with van der Waals surface area (Å²) in [5.41, 5.74) is 1.31. The number of carboxylic acid groups (broad SMARTS) is 1. The minimum atomic E-state index is -5.09. The van der Waals surface area contributed by atoms with E-state index < -0.39 is 33.1 Å². The largest absolute Gasteiger partial charge is 0.573 e. The Morgan fingerprint density at radius 3 is 2.52 bits per heavy atom. The highest BCUT2D eigenvalue weighted by Gasteiger charge is 2.34. The van der Waals surface area contributed by atoms with E-state index in [0.717, 1.165) is 17.7 Å². The zero-order chi connectivity index (χ0) is 23.0. The van der Waals surface area contributed by atoms with Crippen molar-refractivity contribution in [2.24, 2.45) is 0 Å². The lowest BCUT2D eigenvalue weighted by Crippen LogP contribution is -2.31. The Balaban J connectivity index is 1.94. The van der Waals surface area contributed by atoms with Gasteiger partial charge in [-0.1, -0.05) is 33.6 Å². The van der Waals surface area contributed by atoms with E-state index >= 15 is 0 Å². The Kier molecular flexibility index (Phi) is 6.63. The number of hydrogen-bond donors (Lipinski definition) is 2. The minimum Gasteiger partial charge on any atom is -0.465 e. The third-order valence-corrected chi connectivity index (χ3v) is 6.89. The molecule has 0 radical (unpaired) electrons. The van der Waals surface area contributed by atoms with Gasteiger partial charge in [0.1, 0.15) is 4.90 Å².